The highest BCUT2D eigenvalue weighted by Gasteiger charge is 2.41. The Morgan fingerprint density at radius 1 is 0.879 bits per heavy atom. The highest BCUT2D eigenvalue weighted by molar-refractivity contribution is 5.86. The van der Waals surface area contributed by atoms with Crippen molar-refractivity contribution in [2.24, 2.45) is 5.92 Å². The highest BCUT2D eigenvalue weighted by atomic mass is 16.5. The lowest BCUT2D eigenvalue weighted by Crippen LogP contribution is -2.44. The van der Waals surface area contributed by atoms with Crippen molar-refractivity contribution >= 4 is 5.78 Å². The normalized spacial score (nSPS) is 19.9. The molecule has 0 spiro atoms. The van der Waals surface area contributed by atoms with E-state index in [2.05, 4.69) is 39.2 Å². The van der Waals surface area contributed by atoms with E-state index in [9.17, 15) is 4.79 Å². The van der Waals surface area contributed by atoms with E-state index in [0.717, 1.165) is 25.8 Å². The second kappa shape index (κ2) is 19.6. The Morgan fingerprint density at radius 3 is 1.94 bits per heavy atom. The van der Waals surface area contributed by atoms with Crippen LogP contribution in [0.5, 0.6) is 0 Å². The number of ketones is 1. The minimum Gasteiger partial charge on any atom is -0.373 e. The molecule has 0 amide bonds. The number of unbranched alkanes of at least 4 members (excludes halogenated alkanes) is 10. The van der Waals surface area contributed by atoms with Gasteiger partial charge in [-0.25, -0.2) is 0 Å². The van der Waals surface area contributed by atoms with Crippen molar-refractivity contribution in [3.8, 4) is 0 Å². The summed E-state index contributed by atoms with van der Waals surface area (Å²) in [4.78, 5) is 16.4. The molecule has 1 aliphatic heterocycles. The summed E-state index contributed by atoms with van der Waals surface area (Å²) in [6.07, 6.45) is 22.8. The molecule has 3 heteroatoms. The minimum atomic E-state index is 0.0489. The van der Waals surface area contributed by atoms with Gasteiger partial charge in [-0.2, -0.15) is 0 Å². The van der Waals surface area contributed by atoms with E-state index in [1.807, 2.05) is 6.08 Å². The fraction of sp³-hybridized carbons (Fsp3) is 0.900. The van der Waals surface area contributed by atoms with Crippen molar-refractivity contribution in [1.29, 1.82) is 0 Å². The molecule has 0 bridgehead atoms. The zero-order valence-corrected chi connectivity index (χ0v) is 22.8. The third-order valence-electron chi connectivity index (χ3n) is 7.59. The van der Waals surface area contributed by atoms with E-state index in [0.29, 0.717) is 18.4 Å². The zero-order valence-electron chi connectivity index (χ0n) is 22.8. The second-order valence-electron chi connectivity index (χ2n) is 10.5. The first-order chi connectivity index (χ1) is 16.1. The molecule has 0 aromatic carbocycles. The van der Waals surface area contributed by atoms with Crippen LogP contribution in [0.15, 0.2) is 12.7 Å². The van der Waals surface area contributed by atoms with Gasteiger partial charge in [-0.1, -0.05) is 110 Å². The number of carbonyl (C=O) groups is 1. The number of hydrogen-bond acceptors (Lipinski definition) is 3. The summed E-state index contributed by atoms with van der Waals surface area (Å²) in [5.41, 5.74) is 0. The molecule has 1 aliphatic rings. The first kappa shape index (κ1) is 30.4. The lowest BCUT2D eigenvalue weighted by atomic mass is 9.86. The van der Waals surface area contributed by atoms with E-state index < -0.39 is 0 Å². The van der Waals surface area contributed by atoms with Crippen LogP contribution in [-0.2, 0) is 9.53 Å². The van der Waals surface area contributed by atoms with Crippen molar-refractivity contribution in [2.45, 2.75) is 155 Å². The summed E-state index contributed by atoms with van der Waals surface area (Å²) >= 11 is 0. The third kappa shape index (κ3) is 12.6. The number of likely N-dealkylation sites (tertiary alicyclic amines) is 1. The van der Waals surface area contributed by atoms with Crippen LogP contribution >= 0.6 is 0 Å². The molecule has 0 aliphatic carbocycles. The first-order valence-electron chi connectivity index (χ1n) is 14.6. The van der Waals surface area contributed by atoms with Gasteiger partial charge in [0, 0.05) is 18.5 Å². The molecule has 33 heavy (non-hydrogen) atoms. The quantitative estimate of drug-likeness (QED) is 0.119. The monoisotopic (exact) mass is 463 g/mol. The summed E-state index contributed by atoms with van der Waals surface area (Å²) in [5.74, 6) is 0.756. The summed E-state index contributed by atoms with van der Waals surface area (Å²) in [6, 6.07) is 0.506. The maximum absolute atomic E-state index is 13.9. The fourth-order valence-electron chi connectivity index (χ4n) is 5.46. The van der Waals surface area contributed by atoms with Gasteiger partial charge < -0.3 is 4.74 Å². The van der Waals surface area contributed by atoms with Gasteiger partial charge in [0.2, 0.25) is 0 Å². The topological polar surface area (TPSA) is 29.5 Å². The van der Waals surface area contributed by atoms with E-state index >= 15 is 0 Å². The van der Waals surface area contributed by atoms with Crippen molar-refractivity contribution in [1.82, 2.24) is 4.90 Å². The molecule has 0 saturated carbocycles. The van der Waals surface area contributed by atoms with Gasteiger partial charge in [-0.15, -0.1) is 6.58 Å². The van der Waals surface area contributed by atoms with E-state index in [4.69, 9.17) is 4.74 Å². The molecule has 3 nitrogen and oxygen atoms in total. The van der Waals surface area contributed by atoms with Gasteiger partial charge in [-0.05, 0) is 32.6 Å². The molecule has 1 heterocycles. The van der Waals surface area contributed by atoms with E-state index in [1.165, 1.54) is 89.9 Å². The first-order valence-corrected chi connectivity index (χ1v) is 14.6. The Hall–Kier alpha value is -0.670. The average Bonchev–Trinajstić information content (AvgIpc) is 3.25. The summed E-state index contributed by atoms with van der Waals surface area (Å²) in [5, 5.41) is 0. The van der Waals surface area contributed by atoms with Crippen LogP contribution in [-0.4, -0.2) is 42.0 Å². The number of hydrogen-bond donors (Lipinski definition) is 0. The summed E-state index contributed by atoms with van der Waals surface area (Å²) in [7, 11) is 0. The van der Waals surface area contributed by atoms with Crippen molar-refractivity contribution in [2.75, 3.05) is 13.2 Å². The van der Waals surface area contributed by atoms with Gasteiger partial charge in [-0.3, -0.25) is 9.69 Å². The standard InChI is InChI=1S/C30H57NO2/c1-6-10-13-16-17-20-26(5)31-25-28(33-23-9-4)24-29(31)30(32)27(21-18-14-11-7-2)22-19-15-12-8-3/h9,26-29H,4,6-8,10-25H2,1-3,5H3/t26?,28-,29+/m1/s1. The van der Waals surface area contributed by atoms with E-state index in [-0.39, 0.29) is 18.1 Å². The van der Waals surface area contributed by atoms with Crippen LogP contribution in [0.25, 0.3) is 0 Å². The Labute approximate surface area is 207 Å². The van der Waals surface area contributed by atoms with Gasteiger partial charge in [0.05, 0.1) is 18.8 Å². The molecule has 0 aromatic rings. The molecular formula is C30H57NO2. The van der Waals surface area contributed by atoms with Crippen LogP contribution < -0.4 is 0 Å². The molecule has 0 radical (unpaired) electrons. The van der Waals surface area contributed by atoms with Gasteiger partial charge in [0.25, 0.3) is 0 Å². The third-order valence-corrected chi connectivity index (χ3v) is 7.59. The van der Waals surface area contributed by atoms with Crippen LogP contribution in [0.2, 0.25) is 0 Å². The average molecular weight is 464 g/mol. The summed E-state index contributed by atoms with van der Waals surface area (Å²) < 4.78 is 6.06. The lowest BCUT2D eigenvalue weighted by Gasteiger charge is -2.32. The Bertz CT molecular complexity index is 480. The Kier molecular flexibility index (Phi) is 18.0. The number of nitrogens with zero attached hydrogens (tertiary/aromatic N) is 1. The van der Waals surface area contributed by atoms with Crippen LogP contribution in [0.4, 0.5) is 0 Å². The molecule has 0 aromatic heterocycles. The molecular weight excluding hydrogens is 406 g/mol. The SMILES string of the molecule is C=CCO[C@@H]1C[C@@H](C(=O)C(CCCCCC)CCCCCC)N(C(C)CCCCCCC)C1. The van der Waals surface area contributed by atoms with Gasteiger partial charge >= 0.3 is 0 Å². The van der Waals surface area contributed by atoms with Gasteiger partial charge in [0.1, 0.15) is 0 Å². The zero-order chi connectivity index (χ0) is 24.3. The van der Waals surface area contributed by atoms with Crippen LogP contribution in [0.3, 0.4) is 0 Å². The smallest absolute Gasteiger partial charge is 0.153 e. The molecule has 3 atom stereocenters. The molecule has 0 N–H and O–H groups in total. The summed E-state index contributed by atoms with van der Waals surface area (Å²) in [6.45, 7) is 14.4. The molecule has 1 fully saturated rings. The lowest BCUT2D eigenvalue weighted by molar-refractivity contribution is -0.128. The van der Waals surface area contributed by atoms with Crippen molar-refractivity contribution in [3.05, 3.63) is 12.7 Å². The molecule has 194 valence electrons. The maximum atomic E-state index is 13.9. The van der Waals surface area contributed by atoms with Crippen molar-refractivity contribution < 1.29 is 9.53 Å². The number of carbonyl (C=O) groups excluding carboxylic acids is 1. The highest BCUT2D eigenvalue weighted by Crippen LogP contribution is 2.31. The predicted octanol–water partition coefficient (Wildman–Crippen LogP) is 8.51. The Balaban J connectivity index is 2.79. The molecule has 1 saturated heterocycles. The van der Waals surface area contributed by atoms with Gasteiger partial charge in [0.15, 0.2) is 5.78 Å². The molecule has 1 rings (SSSR count). The largest absolute Gasteiger partial charge is 0.373 e. The predicted molar refractivity (Wildman–Crippen MR) is 144 cm³/mol. The van der Waals surface area contributed by atoms with Crippen molar-refractivity contribution in [3.63, 3.8) is 0 Å². The number of ether oxygens (including phenoxy) is 1. The van der Waals surface area contributed by atoms with Crippen LogP contribution in [0, 0.1) is 5.92 Å². The number of Topliss-reactive ketones (excluding diaryl/α,β-unsaturated/α-hetero) is 1. The van der Waals surface area contributed by atoms with E-state index in [1.54, 1.807) is 0 Å². The van der Waals surface area contributed by atoms with Crippen LogP contribution in [0.1, 0.15) is 137 Å². The maximum Gasteiger partial charge on any atom is 0.153 e. The Morgan fingerprint density at radius 2 is 1.39 bits per heavy atom. The number of rotatable bonds is 22. The second-order valence-corrected chi connectivity index (χ2v) is 10.5. The minimum absolute atomic E-state index is 0.0489. The molecule has 1 unspecified atom stereocenters. The fourth-order valence-corrected chi connectivity index (χ4v) is 5.46.